The normalized spacial score (nSPS) is 14.1. The van der Waals surface area contributed by atoms with Crippen LogP contribution in [0.15, 0.2) is 36.7 Å². The molecule has 0 spiro atoms. The van der Waals surface area contributed by atoms with Crippen LogP contribution in [0.2, 0.25) is 5.02 Å². The van der Waals surface area contributed by atoms with Crippen molar-refractivity contribution in [3.63, 3.8) is 0 Å². The van der Waals surface area contributed by atoms with Gasteiger partial charge in [0.15, 0.2) is 17.4 Å². The van der Waals surface area contributed by atoms with E-state index in [1.165, 1.54) is 12.5 Å². The van der Waals surface area contributed by atoms with Crippen LogP contribution in [0.1, 0.15) is 24.8 Å². The van der Waals surface area contributed by atoms with E-state index < -0.39 is 11.6 Å². The zero-order valence-corrected chi connectivity index (χ0v) is 16.7. The Morgan fingerprint density at radius 3 is 2.43 bits per heavy atom. The Hall–Kier alpha value is -2.84. The number of nitrogens with zero attached hydrogens (tertiary/aromatic N) is 4. The van der Waals surface area contributed by atoms with E-state index >= 15 is 0 Å². The number of anilines is 1. The molecule has 3 aromatic rings. The molecule has 1 aliphatic rings. The number of piperidine rings is 1. The first-order chi connectivity index (χ1) is 14.5. The number of pyridine rings is 1. The van der Waals surface area contributed by atoms with Gasteiger partial charge in [0.25, 0.3) is 0 Å². The van der Waals surface area contributed by atoms with Crippen molar-refractivity contribution in [1.29, 1.82) is 0 Å². The van der Waals surface area contributed by atoms with E-state index in [4.69, 9.17) is 16.3 Å². The molecule has 4 rings (SSSR count). The molecule has 0 aliphatic carbocycles. The molecule has 156 valence electrons. The van der Waals surface area contributed by atoms with Crippen LogP contribution in [0, 0.1) is 11.6 Å². The van der Waals surface area contributed by atoms with Crippen LogP contribution in [0.5, 0.6) is 11.6 Å². The van der Waals surface area contributed by atoms with Crippen molar-refractivity contribution < 1.29 is 18.6 Å². The molecule has 3 heterocycles. The molecular weight excluding hydrogens is 414 g/mol. The van der Waals surface area contributed by atoms with Crippen molar-refractivity contribution in [1.82, 2.24) is 15.0 Å². The van der Waals surface area contributed by atoms with Gasteiger partial charge in [-0.2, -0.15) is 0 Å². The summed E-state index contributed by atoms with van der Waals surface area (Å²) in [5, 5.41) is 9.20. The average molecular weight is 433 g/mol. The largest absolute Gasteiger partial charge is 0.436 e. The van der Waals surface area contributed by atoms with Crippen LogP contribution < -0.4 is 9.64 Å². The Bertz CT molecular complexity index is 1020. The monoisotopic (exact) mass is 432 g/mol. The lowest BCUT2D eigenvalue weighted by molar-refractivity contribution is 0.281. The van der Waals surface area contributed by atoms with Crippen molar-refractivity contribution in [3.05, 3.63) is 58.9 Å². The third-order valence-electron chi connectivity index (χ3n) is 4.80. The molecule has 1 aromatic carbocycles. The summed E-state index contributed by atoms with van der Waals surface area (Å²) in [4.78, 5) is 15.2. The van der Waals surface area contributed by atoms with Gasteiger partial charge in [0.05, 0.1) is 29.7 Å². The molecule has 0 radical (unpaired) electrons. The van der Waals surface area contributed by atoms with Gasteiger partial charge < -0.3 is 14.7 Å². The number of hydrogen-bond donors (Lipinski definition) is 1. The molecule has 1 N–H and O–H groups in total. The van der Waals surface area contributed by atoms with Gasteiger partial charge in [-0.15, -0.1) is 0 Å². The Morgan fingerprint density at radius 1 is 1.03 bits per heavy atom. The minimum absolute atomic E-state index is 0.159. The Morgan fingerprint density at radius 2 is 1.77 bits per heavy atom. The number of ether oxygens (including phenoxy) is 1. The van der Waals surface area contributed by atoms with Gasteiger partial charge in [0.1, 0.15) is 0 Å². The summed E-state index contributed by atoms with van der Waals surface area (Å²) in [5.74, 6) is -1.03. The summed E-state index contributed by atoms with van der Waals surface area (Å²) >= 11 is 5.75. The van der Waals surface area contributed by atoms with Crippen LogP contribution >= 0.6 is 11.6 Å². The summed E-state index contributed by atoms with van der Waals surface area (Å²) in [7, 11) is 0. The van der Waals surface area contributed by atoms with Crippen molar-refractivity contribution >= 4 is 17.5 Å². The van der Waals surface area contributed by atoms with Crippen LogP contribution in [-0.2, 0) is 6.61 Å². The van der Waals surface area contributed by atoms with Gasteiger partial charge >= 0.3 is 0 Å². The molecule has 30 heavy (non-hydrogen) atoms. The maximum absolute atomic E-state index is 13.8. The van der Waals surface area contributed by atoms with Crippen molar-refractivity contribution in [2.24, 2.45) is 0 Å². The summed E-state index contributed by atoms with van der Waals surface area (Å²) in [5.41, 5.74) is 1.03. The van der Waals surface area contributed by atoms with E-state index in [9.17, 15) is 13.9 Å². The fourth-order valence-electron chi connectivity index (χ4n) is 3.29. The molecule has 0 atom stereocenters. The topological polar surface area (TPSA) is 71.4 Å². The van der Waals surface area contributed by atoms with E-state index in [1.807, 2.05) is 0 Å². The van der Waals surface area contributed by atoms with Gasteiger partial charge in [0.2, 0.25) is 11.8 Å². The fraction of sp³-hybridized carbons (Fsp3) is 0.286. The molecule has 0 saturated carbocycles. The molecule has 0 unspecified atom stereocenters. The van der Waals surface area contributed by atoms with E-state index in [-0.39, 0.29) is 28.8 Å². The first-order valence-electron chi connectivity index (χ1n) is 9.55. The van der Waals surface area contributed by atoms with Gasteiger partial charge in [-0.3, -0.25) is 0 Å². The quantitative estimate of drug-likeness (QED) is 0.587. The van der Waals surface area contributed by atoms with E-state index in [1.54, 1.807) is 24.5 Å². The highest BCUT2D eigenvalue weighted by Crippen LogP contribution is 2.30. The molecule has 0 bridgehead atoms. The summed E-state index contributed by atoms with van der Waals surface area (Å²) in [6.07, 6.45) is 6.57. The van der Waals surface area contributed by atoms with E-state index in [0.717, 1.165) is 32.0 Å². The molecule has 1 fully saturated rings. The van der Waals surface area contributed by atoms with Crippen LogP contribution in [0.25, 0.3) is 11.3 Å². The van der Waals surface area contributed by atoms with Crippen molar-refractivity contribution in [2.75, 3.05) is 18.0 Å². The third-order valence-corrected chi connectivity index (χ3v) is 5.07. The Labute approximate surface area is 177 Å². The zero-order chi connectivity index (χ0) is 21.1. The number of rotatable bonds is 5. The minimum atomic E-state index is -1.12. The second kappa shape index (κ2) is 8.89. The van der Waals surface area contributed by atoms with Crippen molar-refractivity contribution in [3.8, 4) is 22.9 Å². The molecule has 2 aromatic heterocycles. The second-order valence-electron chi connectivity index (χ2n) is 6.98. The maximum atomic E-state index is 13.8. The second-order valence-corrected chi connectivity index (χ2v) is 7.39. The highest BCUT2D eigenvalue weighted by molar-refractivity contribution is 6.31. The first-order valence-corrected chi connectivity index (χ1v) is 9.93. The third kappa shape index (κ3) is 4.49. The summed E-state index contributed by atoms with van der Waals surface area (Å²) in [6.45, 7) is 1.58. The highest BCUT2D eigenvalue weighted by Gasteiger charge is 2.15. The van der Waals surface area contributed by atoms with Gasteiger partial charge in [-0.1, -0.05) is 11.6 Å². The number of halogens is 3. The molecular formula is C21H19ClF2N4O2. The predicted octanol–water partition coefficient (Wildman–Crippen LogP) is 4.75. The van der Waals surface area contributed by atoms with Gasteiger partial charge in [-0.25, -0.2) is 23.7 Å². The summed E-state index contributed by atoms with van der Waals surface area (Å²) in [6, 6.07) is 5.35. The maximum Gasteiger partial charge on any atom is 0.225 e. The number of aliphatic hydroxyl groups excluding tert-OH is 1. The lowest BCUT2D eigenvalue weighted by Gasteiger charge is -2.26. The van der Waals surface area contributed by atoms with Gasteiger partial charge in [-0.05, 0) is 43.0 Å². The standard InChI is InChI=1S/C21H19ClF2N4O2/c22-16-8-14(9-17(23)20(16)24)18-6-13(12-29)7-19(27-18)30-15-10-25-21(26-11-15)28-4-2-1-3-5-28/h6-11,29H,1-5,12H2. The summed E-state index contributed by atoms with van der Waals surface area (Å²) < 4.78 is 33.0. The van der Waals surface area contributed by atoms with Crippen LogP contribution in [0.3, 0.4) is 0 Å². The molecule has 6 nitrogen and oxygen atoms in total. The van der Waals surface area contributed by atoms with E-state index in [0.29, 0.717) is 17.3 Å². The smallest absolute Gasteiger partial charge is 0.225 e. The van der Waals surface area contributed by atoms with Gasteiger partial charge in [0, 0.05) is 24.7 Å². The minimum Gasteiger partial charge on any atom is -0.436 e. The molecule has 1 saturated heterocycles. The fourth-order valence-corrected chi connectivity index (χ4v) is 3.50. The zero-order valence-electron chi connectivity index (χ0n) is 16.0. The molecule has 0 amide bonds. The first kappa shape index (κ1) is 20.4. The highest BCUT2D eigenvalue weighted by atomic mass is 35.5. The molecule has 9 heteroatoms. The number of benzene rings is 1. The predicted molar refractivity (Wildman–Crippen MR) is 109 cm³/mol. The van der Waals surface area contributed by atoms with Crippen molar-refractivity contribution in [2.45, 2.75) is 25.9 Å². The molecule has 1 aliphatic heterocycles. The number of hydrogen-bond acceptors (Lipinski definition) is 6. The Kier molecular flexibility index (Phi) is 6.06. The average Bonchev–Trinajstić information content (AvgIpc) is 2.78. The van der Waals surface area contributed by atoms with Crippen LogP contribution in [-0.4, -0.2) is 33.1 Å². The SMILES string of the molecule is OCc1cc(Oc2cnc(N3CCCCC3)nc2)nc(-c2cc(F)c(F)c(Cl)c2)c1. The lowest BCUT2D eigenvalue weighted by atomic mass is 10.1. The number of aliphatic hydroxyl groups is 1. The van der Waals surface area contributed by atoms with E-state index in [2.05, 4.69) is 19.9 Å². The van der Waals surface area contributed by atoms with Crippen LogP contribution in [0.4, 0.5) is 14.7 Å². The number of aromatic nitrogens is 3. The Balaban J connectivity index is 1.59. The lowest BCUT2D eigenvalue weighted by Crippen LogP contribution is -2.30.